The van der Waals surface area contributed by atoms with Gasteiger partial charge in [0.1, 0.15) is 0 Å². The number of hydrogen-bond acceptors (Lipinski definition) is 4. The first-order valence-corrected chi connectivity index (χ1v) is 5.37. The van der Waals surface area contributed by atoms with E-state index < -0.39 is 0 Å². The molecule has 0 spiro atoms. The van der Waals surface area contributed by atoms with Crippen molar-refractivity contribution in [3.8, 4) is 0 Å². The molecule has 16 heavy (non-hydrogen) atoms. The normalized spacial score (nSPS) is 16.4. The molecule has 3 heterocycles. The molecule has 1 saturated heterocycles. The molecule has 0 bridgehead atoms. The number of aryl methyl sites for hydroxylation is 2. The van der Waals surface area contributed by atoms with Gasteiger partial charge in [0.25, 0.3) is 0 Å². The molecule has 0 saturated carbocycles. The van der Waals surface area contributed by atoms with Crippen molar-refractivity contribution >= 4 is 16.7 Å². The van der Waals surface area contributed by atoms with Crippen molar-refractivity contribution in [2.75, 3.05) is 18.5 Å². The monoisotopic (exact) mass is 218 g/mol. The van der Waals surface area contributed by atoms with Gasteiger partial charge in [-0.15, -0.1) is 0 Å². The van der Waals surface area contributed by atoms with Crippen LogP contribution in [0.15, 0.2) is 12.3 Å². The molecule has 1 N–H and O–H groups in total. The molecule has 1 aliphatic heterocycles. The topological polar surface area (TPSA) is 52.0 Å². The van der Waals surface area contributed by atoms with Crippen LogP contribution in [-0.2, 0) is 11.8 Å². The average Bonchev–Trinajstić information content (AvgIpc) is 2.49. The zero-order valence-electron chi connectivity index (χ0n) is 9.40. The number of rotatable bonds is 2. The van der Waals surface area contributed by atoms with Crippen molar-refractivity contribution < 1.29 is 4.74 Å². The number of pyridine rings is 1. The molecule has 1 fully saturated rings. The second kappa shape index (κ2) is 3.45. The van der Waals surface area contributed by atoms with Crippen LogP contribution in [0, 0.1) is 6.92 Å². The Morgan fingerprint density at radius 1 is 1.50 bits per heavy atom. The molecule has 3 rings (SSSR count). The van der Waals surface area contributed by atoms with Crippen LogP contribution in [0.3, 0.4) is 0 Å². The van der Waals surface area contributed by atoms with Crippen molar-refractivity contribution in [3.63, 3.8) is 0 Å². The molecule has 2 aromatic rings. The Hall–Kier alpha value is -1.62. The van der Waals surface area contributed by atoms with Crippen LogP contribution in [0.1, 0.15) is 5.69 Å². The summed E-state index contributed by atoms with van der Waals surface area (Å²) in [4.78, 5) is 4.41. The standard InChI is InChI=1S/C11H14N4O/c1-7-10-3-8(13-9-5-16-6-9)4-12-11(10)15(2)14-7/h3-4,9,13H,5-6H2,1-2H3. The van der Waals surface area contributed by atoms with E-state index in [2.05, 4.69) is 21.5 Å². The van der Waals surface area contributed by atoms with Gasteiger partial charge in [0, 0.05) is 12.4 Å². The molecule has 2 aromatic heterocycles. The van der Waals surface area contributed by atoms with E-state index in [1.54, 1.807) is 4.68 Å². The summed E-state index contributed by atoms with van der Waals surface area (Å²) < 4.78 is 6.93. The first-order chi connectivity index (χ1) is 7.74. The van der Waals surface area contributed by atoms with Gasteiger partial charge in [0.05, 0.1) is 36.8 Å². The van der Waals surface area contributed by atoms with Crippen LogP contribution < -0.4 is 5.32 Å². The number of aromatic nitrogens is 3. The van der Waals surface area contributed by atoms with Crippen molar-refractivity contribution in [1.29, 1.82) is 0 Å². The lowest BCUT2D eigenvalue weighted by atomic mass is 10.2. The minimum absolute atomic E-state index is 0.427. The number of fused-ring (bicyclic) bond motifs is 1. The third kappa shape index (κ3) is 1.44. The smallest absolute Gasteiger partial charge is 0.157 e. The molecule has 0 radical (unpaired) electrons. The van der Waals surface area contributed by atoms with Crippen LogP contribution in [0.25, 0.3) is 11.0 Å². The highest BCUT2D eigenvalue weighted by Crippen LogP contribution is 2.20. The maximum atomic E-state index is 5.12. The molecule has 0 unspecified atom stereocenters. The second-order valence-electron chi connectivity index (χ2n) is 4.18. The summed E-state index contributed by atoms with van der Waals surface area (Å²) in [6, 6.07) is 2.53. The molecule has 0 aromatic carbocycles. The third-order valence-electron chi connectivity index (χ3n) is 2.87. The molecule has 1 aliphatic rings. The van der Waals surface area contributed by atoms with E-state index in [1.165, 1.54) is 0 Å². The maximum absolute atomic E-state index is 5.12. The summed E-state index contributed by atoms with van der Waals surface area (Å²) in [5, 5.41) is 8.83. The van der Waals surface area contributed by atoms with Gasteiger partial charge in [-0.1, -0.05) is 0 Å². The molecular weight excluding hydrogens is 204 g/mol. The van der Waals surface area contributed by atoms with Gasteiger partial charge in [-0.05, 0) is 13.0 Å². The Kier molecular flexibility index (Phi) is 2.07. The molecular formula is C11H14N4O. The summed E-state index contributed by atoms with van der Waals surface area (Å²) >= 11 is 0. The Morgan fingerprint density at radius 3 is 3.00 bits per heavy atom. The molecule has 0 aliphatic carbocycles. The number of nitrogens with one attached hydrogen (secondary N) is 1. The molecule has 0 amide bonds. The maximum Gasteiger partial charge on any atom is 0.157 e. The van der Waals surface area contributed by atoms with Crippen LogP contribution in [0.4, 0.5) is 5.69 Å². The van der Waals surface area contributed by atoms with E-state index in [0.29, 0.717) is 6.04 Å². The highest BCUT2D eigenvalue weighted by molar-refractivity contribution is 5.81. The first kappa shape index (κ1) is 9.59. The van der Waals surface area contributed by atoms with Crippen LogP contribution in [0.2, 0.25) is 0 Å². The van der Waals surface area contributed by atoms with Gasteiger partial charge >= 0.3 is 0 Å². The Bertz CT molecular complexity index is 530. The minimum atomic E-state index is 0.427. The summed E-state index contributed by atoms with van der Waals surface area (Å²) in [5.74, 6) is 0. The third-order valence-corrected chi connectivity index (χ3v) is 2.87. The molecule has 0 atom stereocenters. The van der Waals surface area contributed by atoms with Gasteiger partial charge < -0.3 is 10.1 Å². The number of anilines is 1. The molecule has 84 valence electrons. The van der Waals surface area contributed by atoms with E-state index in [0.717, 1.165) is 35.6 Å². The summed E-state index contributed by atoms with van der Waals surface area (Å²) in [7, 11) is 1.91. The zero-order chi connectivity index (χ0) is 11.1. The highest BCUT2D eigenvalue weighted by Gasteiger charge is 2.18. The minimum Gasteiger partial charge on any atom is -0.377 e. The van der Waals surface area contributed by atoms with E-state index in [4.69, 9.17) is 4.74 Å². The number of ether oxygens (including phenoxy) is 1. The Morgan fingerprint density at radius 2 is 2.31 bits per heavy atom. The number of nitrogens with zero attached hydrogens (tertiary/aromatic N) is 3. The first-order valence-electron chi connectivity index (χ1n) is 5.37. The van der Waals surface area contributed by atoms with Crippen molar-refractivity contribution in [2.45, 2.75) is 13.0 Å². The summed E-state index contributed by atoms with van der Waals surface area (Å²) in [6.07, 6.45) is 1.85. The predicted molar refractivity (Wildman–Crippen MR) is 61.5 cm³/mol. The van der Waals surface area contributed by atoms with Crippen molar-refractivity contribution in [1.82, 2.24) is 14.8 Å². The Labute approximate surface area is 93.4 Å². The van der Waals surface area contributed by atoms with Gasteiger partial charge in [0.2, 0.25) is 0 Å². The lowest BCUT2D eigenvalue weighted by molar-refractivity contribution is 0.0211. The van der Waals surface area contributed by atoms with Gasteiger partial charge in [-0.2, -0.15) is 5.10 Å². The summed E-state index contributed by atoms with van der Waals surface area (Å²) in [6.45, 7) is 3.56. The SMILES string of the molecule is Cc1nn(C)c2ncc(NC3COC3)cc12. The lowest BCUT2D eigenvalue weighted by Gasteiger charge is -2.27. The quantitative estimate of drug-likeness (QED) is 0.819. The van der Waals surface area contributed by atoms with Crippen molar-refractivity contribution in [3.05, 3.63) is 18.0 Å². The van der Waals surface area contributed by atoms with Crippen molar-refractivity contribution in [2.24, 2.45) is 7.05 Å². The largest absolute Gasteiger partial charge is 0.377 e. The van der Waals surface area contributed by atoms with Gasteiger partial charge in [0.15, 0.2) is 5.65 Å². The lowest BCUT2D eigenvalue weighted by Crippen LogP contribution is -2.40. The van der Waals surface area contributed by atoms with Gasteiger partial charge in [-0.3, -0.25) is 4.68 Å². The van der Waals surface area contributed by atoms with Crippen LogP contribution in [0.5, 0.6) is 0 Å². The highest BCUT2D eigenvalue weighted by atomic mass is 16.5. The summed E-state index contributed by atoms with van der Waals surface area (Å²) in [5.41, 5.74) is 2.98. The fourth-order valence-electron chi connectivity index (χ4n) is 1.94. The fraction of sp³-hybridized carbons (Fsp3) is 0.455. The molecule has 5 heteroatoms. The predicted octanol–water partition coefficient (Wildman–Crippen LogP) is 1.09. The second-order valence-corrected chi connectivity index (χ2v) is 4.18. The zero-order valence-corrected chi connectivity index (χ0v) is 9.40. The van der Waals surface area contributed by atoms with E-state index in [1.807, 2.05) is 20.2 Å². The Balaban J connectivity index is 1.97. The average molecular weight is 218 g/mol. The van der Waals surface area contributed by atoms with E-state index >= 15 is 0 Å². The molecule has 5 nitrogen and oxygen atoms in total. The van der Waals surface area contributed by atoms with Crippen LogP contribution >= 0.6 is 0 Å². The fourth-order valence-corrected chi connectivity index (χ4v) is 1.94. The van der Waals surface area contributed by atoms with Crippen LogP contribution in [-0.4, -0.2) is 34.0 Å². The van der Waals surface area contributed by atoms with E-state index in [-0.39, 0.29) is 0 Å². The van der Waals surface area contributed by atoms with Gasteiger partial charge in [-0.25, -0.2) is 4.98 Å². The van der Waals surface area contributed by atoms with E-state index in [9.17, 15) is 0 Å². The number of hydrogen-bond donors (Lipinski definition) is 1.